The van der Waals surface area contributed by atoms with Crippen LogP contribution in [0.2, 0.25) is 0 Å². The summed E-state index contributed by atoms with van der Waals surface area (Å²) in [7, 11) is 0. The average Bonchev–Trinajstić information content (AvgIpc) is 2.88. The number of hydrogen-bond acceptors (Lipinski definition) is 0. The maximum atomic E-state index is 7.50. The Kier molecular flexibility index (Phi) is 26.8. The van der Waals surface area contributed by atoms with Crippen molar-refractivity contribution in [3.63, 3.8) is 0 Å². The van der Waals surface area contributed by atoms with E-state index < -0.39 is 0 Å². The molecule has 0 aliphatic heterocycles. The molecule has 0 fully saturated rings. The van der Waals surface area contributed by atoms with Crippen molar-refractivity contribution in [2.24, 2.45) is 0 Å². The minimum absolute atomic E-state index is 0. The Balaban J connectivity index is -0.000000293. The zero-order chi connectivity index (χ0) is 24.0. The van der Waals surface area contributed by atoms with Gasteiger partial charge in [-0.2, -0.15) is 0 Å². The van der Waals surface area contributed by atoms with Crippen molar-refractivity contribution in [2.45, 2.75) is 19.3 Å². The predicted octanol–water partition coefficient (Wildman–Crippen LogP) is 3.67. The summed E-state index contributed by atoms with van der Waals surface area (Å²) in [6, 6.07) is 20.9. The Morgan fingerprint density at radius 2 is 1.03 bits per heavy atom. The molecule has 0 aromatic heterocycles. The molecular formula is C24H18CrO6. The van der Waals surface area contributed by atoms with Gasteiger partial charge in [0.05, 0.1) is 0 Å². The largest absolute Gasteiger partial charge is 0 e. The van der Waals surface area contributed by atoms with Gasteiger partial charge in [0, 0.05) is 29.7 Å². The second kappa shape index (κ2) is 23.4. The molecule has 2 aromatic carbocycles. The minimum Gasteiger partial charge on any atom is 0 e. The predicted molar refractivity (Wildman–Crippen MR) is 101 cm³/mol. The molecule has 3 rings (SSSR count). The maximum Gasteiger partial charge on any atom is 0 e. The first-order valence-corrected chi connectivity index (χ1v) is 8.04. The van der Waals surface area contributed by atoms with E-state index in [4.69, 9.17) is 27.7 Å². The van der Waals surface area contributed by atoms with Crippen molar-refractivity contribution >= 4 is 5.78 Å². The van der Waals surface area contributed by atoms with Gasteiger partial charge in [-0.3, -0.25) is 6.08 Å². The first-order chi connectivity index (χ1) is 14.8. The van der Waals surface area contributed by atoms with Crippen LogP contribution in [0.1, 0.15) is 25.0 Å². The molecule has 31 heavy (non-hydrogen) atoms. The van der Waals surface area contributed by atoms with Gasteiger partial charge in [-0.05, 0) is 0 Å². The molecule has 0 heterocycles. The molecule has 0 atom stereocenters. The molecule has 2 aromatic rings. The average molecular weight is 454 g/mol. The van der Waals surface area contributed by atoms with E-state index in [1.54, 1.807) is 0 Å². The third-order valence-corrected chi connectivity index (χ3v) is 3.76. The van der Waals surface area contributed by atoms with Crippen LogP contribution in [0.3, 0.4) is 0 Å². The fourth-order valence-corrected chi connectivity index (χ4v) is 2.92. The van der Waals surface area contributed by atoms with Crippen LogP contribution < -0.4 is 0 Å². The summed E-state index contributed by atoms with van der Waals surface area (Å²) in [6.45, 7) is 27.3. The standard InChI is InChI=1S/C19H18O.5CO.Cr/c1-3-20-18-15(2)14-19(18,16-10-6-4-7-11-16)17-12-8-5-9-13-17;5*1-2;/h4-13H,3H2,1-2H3;;;;;;. The van der Waals surface area contributed by atoms with E-state index in [2.05, 4.69) is 94.8 Å². The second-order valence-electron chi connectivity index (χ2n) is 4.99. The van der Waals surface area contributed by atoms with Gasteiger partial charge in [0.2, 0.25) is 6.61 Å². The van der Waals surface area contributed by atoms with Crippen molar-refractivity contribution < 1.29 is 45.0 Å². The molecule has 0 spiro atoms. The summed E-state index contributed by atoms with van der Waals surface area (Å²) in [5.41, 5.74) is 3.18. The molecule has 156 valence electrons. The molecule has 0 amide bonds. The van der Waals surface area contributed by atoms with Crippen LogP contribution in [0.5, 0.6) is 0 Å². The fourth-order valence-electron chi connectivity index (χ4n) is 2.92. The van der Waals surface area contributed by atoms with Crippen molar-refractivity contribution in [2.75, 3.05) is 6.61 Å². The Morgan fingerprint density at radius 1 is 0.710 bits per heavy atom. The summed E-state index contributed by atoms with van der Waals surface area (Å²) < 4.78 is 43.4. The van der Waals surface area contributed by atoms with Crippen LogP contribution in [0.15, 0.2) is 66.2 Å². The quantitative estimate of drug-likeness (QED) is 0.498. The van der Waals surface area contributed by atoms with E-state index in [0.29, 0.717) is 6.61 Å². The molecule has 0 unspecified atom stereocenters. The minimum atomic E-state index is -0.345. The van der Waals surface area contributed by atoms with E-state index >= 15 is 0 Å². The first-order valence-electron chi connectivity index (χ1n) is 8.04. The first kappa shape index (κ1) is 35.5. The fraction of sp³-hybridized carbons (Fsp3) is 0.167. The van der Waals surface area contributed by atoms with E-state index in [0.717, 1.165) is 11.4 Å². The number of hydrogen-bond donors (Lipinski definition) is 0. The zero-order valence-corrected chi connectivity index (χ0v) is 18.1. The Labute approximate surface area is 193 Å². The molecule has 0 radical (unpaired) electrons. The summed E-state index contributed by atoms with van der Waals surface area (Å²) in [6.07, 6.45) is 3.58. The van der Waals surface area contributed by atoms with Gasteiger partial charge in [0.1, 0.15) is 0 Å². The Morgan fingerprint density at radius 3 is 1.29 bits per heavy atom. The van der Waals surface area contributed by atoms with E-state index in [-0.39, 0.29) is 22.8 Å². The third-order valence-electron chi connectivity index (χ3n) is 3.76. The molecule has 0 saturated carbocycles. The van der Waals surface area contributed by atoms with E-state index in [9.17, 15) is 0 Å². The zero-order valence-electron chi connectivity index (χ0n) is 16.8. The molecule has 1 aliphatic carbocycles. The van der Waals surface area contributed by atoms with Gasteiger partial charge < -0.3 is 4.42 Å². The molecule has 0 bridgehead atoms. The van der Waals surface area contributed by atoms with Crippen LogP contribution in [0, 0.1) is 39.3 Å². The SMILES string of the molecule is CC[O+]=C1C(C)=[C-]C1(c1ccccc1)c1ccccc1.[C-]#[O+].[C-]#[O+].[C-]#[O+].[C-]#[O+].[C-]#[O+].[Cr]. The van der Waals surface area contributed by atoms with Crippen LogP contribution >= 0.6 is 0 Å². The molecule has 0 saturated heterocycles. The number of carbonyl (C=O) groups excluding carboxylic acids is 1. The van der Waals surface area contributed by atoms with Crippen molar-refractivity contribution in [1.82, 2.24) is 0 Å². The van der Waals surface area contributed by atoms with Crippen molar-refractivity contribution in [3.05, 3.63) is 117 Å². The van der Waals surface area contributed by atoms with Crippen molar-refractivity contribution in [1.29, 1.82) is 0 Å². The normalized spacial score (nSPS) is 12.3. The maximum absolute atomic E-state index is 7.50. The van der Waals surface area contributed by atoms with E-state index in [1.165, 1.54) is 11.1 Å². The Bertz CT molecular complexity index is 801. The summed E-state index contributed by atoms with van der Waals surface area (Å²) in [5.74, 6) is 1.03. The molecule has 1 aliphatic rings. The number of ketones is 1. The number of benzene rings is 2. The van der Waals surface area contributed by atoms with Crippen molar-refractivity contribution in [3.8, 4) is 0 Å². The number of allylic oxidation sites excluding steroid dienone is 2. The van der Waals surface area contributed by atoms with Gasteiger partial charge in [-0.1, -0.05) is 78.7 Å². The summed E-state index contributed by atoms with van der Waals surface area (Å²) in [4.78, 5) is 0. The second-order valence-corrected chi connectivity index (χ2v) is 4.99. The molecular weight excluding hydrogens is 436 g/mol. The number of rotatable bonds is 3. The van der Waals surface area contributed by atoms with Gasteiger partial charge in [-0.25, -0.2) is 0 Å². The van der Waals surface area contributed by atoms with Crippen LogP contribution in [-0.2, 0) is 50.5 Å². The molecule has 6 nitrogen and oxygen atoms in total. The van der Waals surface area contributed by atoms with Crippen LogP contribution in [0.25, 0.3) is 0 Å². The van der Waals surface area contributed by atoms with Crippen LogP contribution in [0.4, 0.5) is 0 Å². The van der Waals surface area contributed by atoms with Gasteiger partial charge in [0.25, 0.3) is 0 Å². The van der Waals surface area contributed by atoms with E-state index in [1.807, 2.05) is 19.1 Å². The van der Waals surface area contributed by atoms with Crippen LogP contribution in [-0.4, -0.2) is 12.4 Å². The van der Waals surface area contributed by atoms with Gasteiger partial charge in [-0.15, -0.1) is 5.57 Å². The molecule has 7 heteroatoms. The molecule has 0 N–H and O–H groups in total. The Hall–Kier alpha value is -2.92. The van der Waals surface area contributed by atoms with Gasteiger partial charge >= 0.3 is 56.5 Å². The monoisotopic (exact) mass is 454 g/mol. The third kappa shape index (κ3) is 9.18. The summed E-state index contributed by atoms with van der Waals surface area (Å²) in [5, 5.41) is 0. The smallest absolute Gasteiger partial charge is 0 e. The van der Waals surface area contributed by atoms with Gasteiger partial charge in [0.15, 0.2) is 5.78 Å². The topological polar surface area (TPSA) is 111 Å². The summed E-state index contributed by atoms with van der Waals surface area (Å²) >= 11 is 0.